The Bertz CT molecular complexity index is 315. The van der Waals surface area contributed by atoms with E-state index in [-0.39, 0.29) is 5.92 Å². The molecule has 1 heterocycles. The van der Waals surface area contributed by atoms with E-state index >= 15 is 0 Å². The highest BCUT2D eigenvalue weighted by Gasteiger charge is 2.36. The summed E-state index contributed by atoms with van der Waals surface area (Å²) in [7, 11) is -2.78. The molecule has 1 saturated heterocycles. The predicted octanol–water partition coefficient (Wildman–Crippen LogP) is 1.51. The van der Waals surface area contributed by atoms with Gasteiger partial charge in [-0.25, -0.2) is 8.42 Å². The quantitative estimate of drug-likeness (QED) is 0.785. The van der Waals surface area contributed by atoms with Gasteiger partial charge in [0.05, 0.1) is 17.1 Å². The summed E-state index contributed by atoms with van der Waals surface area (Å²) in [6, 6.07) is 0. The second-order valence-corrected chi connectivity index (χ2v) is 7.49. The minimum Gasteiger partial charge on any atom is -0.390 e. The smallest absolute Gasteiger partial charge is 0.150 e. The van der Waals surface area contributed by atoms with E-state index in [0.717, 1.165) is 32.1 Å². The Morgan fingerprint density at radius 3 is 2.40 bits per heavy atom. The lowest BCUT2D eigenvalue weighted by Gasteiger charge is -2.33. The van der Waals surface area contributed by atoms with E-state index in [1.54, 1.807) is 0 Å². The molecule has 88 valence electrons. The molecule has 0 aromatic carbocycles. The highest BCUT2D eigenvalue weighted by atomic mass is 32.2. The predicted molar refractivity (Wildman–Crippen MR) is 59.4 cm³/mol. The van der Waals surface area contributed by atoms with Crippen LogP contribution in [0.3, 0.4) is 0 Å². The molecule has 1 atom stereocenters. The van der Waals surface area contributed by atoms with Crippen LogP contribution < -0.4 is 0 Å². The SMILES string of the molecule is O=S1(=O)CCC(CC2(O)CCCCC2)C1. The minimum atomic E-state index is -2.78. The van der Waals surface area contributed by atoms with E-state index in [2.05, 4.69) is 0 Å². The first kappa shape index (κ1) is 11.4. The van der Waals surface area contributed by atoms with Crippen LogP contribution in [0.15, 0.2) is 0 Å². The summed E-state index contributed by atoms with van der Waals surface area (Å²) in [4.78, 5) is 0. The lowest BCUT2D eigenvalue weighted by Crippen LogP contribution is -2.34. The summed E-state index contributed by atoms with van der Waals surface area (Å²) >= 11 is 0. The third-order valence-electron chi connectivity index (χ3n) is 3.78. The molecule has 2 rings (SSSR count). The number of hydrogen-bond acceptors (Lipinski definition) is 3. The zero-order valence-corrected chi connectivity index (χ0v) is 9.93. The Balaban J connectivity index is 1.91. The number of sulfone groups is 1. The van der Waals surface area contributed by atoms with Crippen molar-refractivity contribution in [3.05, 3.63) is 0 Å². The van der Waals surface area contributed by atoms with Gasteiger partial charge in [-0.3, -0.25) is 0 Å². The van der Waals surface area contributed by atoms with Crippen molar-refractivity contribution < 1.29 is 13.5 Å². The Hall–Kier alpha value is -0.0900. The number of rotatable bonds is 2. The van der Waals surface area contributed by atoms with Crippen LogP contribution in [0.4, 0.5) is 0 Å². The maximum atomic E-state index is 11.3. The maximum Gasteiger partial charge on any atom is 0.150 e. The van der Waals surface area contributed by atoms with Gasteiger partial charge < -0.3 is 5.11 Å². The fourth-order valence-corrected chi connectivity index (χ4v) is 4.85. The highest BCUT2D eigenvalue weighted by Crippen LogP contribution is 2.36. The largest absolute Gasteiger partial charge is 0.390 e. The first-order valence-electron chi connectivity index (χ1n) is 5.92. The van der Waals surface area contributed by atoms with Gasteiger partial charge in [0, 0.05) is 0 Å². The van der Waals surface area contributed by atoms with Crippen LogP contribution >= 0.6 is 0 Å². The van der Waals surface area contributed by atoms with Gasteiger partial charge in [0.2, 0.25) is 0 Å². The van der Waals surface area contributed by atoms with E-state index in [4.69, 9.17) is 0 Å². The monoisotopic (exact) mass is 232 g/mol. The Morgan fingerprint density at radius 1 is 1.20 bits per heavy atom. The molecule has 0 spiro atoms. The standard InChI is InChI=1S/C11H20O3S/c12-11(5-2-1-3-6-11)8-10-4-7-15(13,14)9-10/h10,12H,1-9H2. The molecule has 2 aliphatic rings. The molecule has 1 unspecified atom stereocenters. The Kier molecular flexibility index (Phi) is 3.08. The second-order valence-electron chi connectivity index (χ2n) is 5.26. The molecule has 1 saturated carbocycles. The van der Waals surface area contributed by atoms with Crippen molar-refractivity contribution in [3.8, 4) is 0 Å². The van der Waals surface area contributed by atoms with E-state index in [1.165, 1.54) is 6.42 Å². The van der Waals surface area contributed by atoms with Crippen molar-refractivity contribution in [2.75, 3.05) is 11.5 Å². The lowest BCUT2D eigenvalue weighted by molar-refractivity contribution is -0.0149. The summed E-state index contributed by atoms with van der Waals surface area (Å²) in [6.07, 6.45) is 6.58. The fourth-order valence-electron chi connectivity index (χ4n) is 2.98. The molecule has 1 aliphatic heterocycles. The summed E-state index contributed by atoms with van der Waals surface area (Å²) in [6.45, 7) is 0. The normalized spacial score (nSPS) is 34.1. The van der Waals surface area contributed by atoms with E-state index in [9.17, 15) is 13.5 Å². The first-order chi connectivity index (χ1) is 6.99. The zero-order chi connectivity index (χ0) is 10.9. The molecular weight excluding hydrogens is 212 g/mol. The van der Waals surface area contributed by atoms with Crippen molar-refractivity contribution in [1.29, 1.82) is 0 Å². The van der Waals surface area contributed by atoms with Gasteiger partial charge in [-0.1, -0.05) is 19.3 Å². The fraction of sp³-hybridized carbons (Fsp3) is 1.00. The van der Waals surface area contributed by atoms with Crippen molar-refractivity contribution in [2.45, 2.75) is 50.5 Å². The Morgan fingerprint density at radius 2 is 1.87 bits per heavy atom. The third-order valence-corrected chi connectivity index (χ3v) is 5.62. The lowest BCUT2D eigenvalue weighted by atomic mass is 9.78. The maximum absolute atomic E-state index is 11.3. The van der Waals surface area contributed by atoms with Crippen LogP contribution in [0.5, 0.6) is 0 Å². The van der Waals surface area contributed by atoms with Crippen LogP contribution in [0.2, 0.25) is 0 Å². The topological polar surface area (TPSA) is 54.4 Å². The molecule has 0 aromatic heterocycles. The second kappa shape index (κ2) is 4.06. The van der Waals surface area contributed by atoms with Gasteiger partial charge in [0.15, 0.2) is 9.84 Å². The highest BCUT2D eigenvalue weighted by molar-refractivity contribution is 7.91. The molecule has 0 aromatic rings. The van der Waals surface area contributed by atoms with E-state index in [1.807, 2.05) is 0 Å². The average molecular weight is 232 g/mol. The number of hydrogen-bond donors (Lipinski definition) is 1. The van der Waals surface area contributed by atoms with Gasteiger partial charge in [0.1, 0.15) is 0 Å². The summed E-state index contributed by atoms with van der Waals surface area (Å²) < 4.78 is 22.6. The van der Waals surface area contributed by atoms with Gasteiger partial charge in [-0.05, 0) is 31.6 Å². The minimum absolute atomic E-state index is 0.207. The molecule has 0 amide bonds. The van der Waals surface area contributed by atoms with Crippen LogP contribution in [0.25, 0.3) is 0 Å². The van der Waals surface area contributed by atoms with Crippen molar-refractivity contribution in [1.82, 2.24) is 0 Å². The van der Waals surface area contributed by atoms with Crippen LogP contribution in [-0.4, -0.2) is 30.6 Å². The van der Waals surface area contributed by atoms with Crippen LogP contribution in [-0.2, 0) is 9.84 Å². The summed E-state index contributed by atoms with van der Waals surface area (Å²) in [5.74, 6) is 0.835. The van der Waals surface area contributed by atoms with Crippen molar-refractivity contribution >= 4 is 9.84 Å². The van der Waals surface area contributed by atoms with Gasteiger partial charge in [-0.2, -0.15) is 0 Å². The molecule has 2 fully saturated rings. The molecule has 0 radical (unpaired) electrons. The Labute approximate surface area is 91.8 Å². The number of aliphatic hydroxyl groups is 1. The molecule has 1 N–H and O–H groups in total. The van der Waals surface area contributed by atoms with E-state index < -0.39 is 15.4 Å². The molecule has 4 heteroatoms. The average Bonchev–Trinajstić information content (AvgIpc) is 2.45. The molecule has 3 nitrogen and oxygen atoms in total. The van der Waals surface area contributed by atoms with Gasteiger partial charge in [0.25, 0.3) is 0 Å². The third kappa shape index (κ3) is 2.94. The molecule has 0 bridgehead atoms. The van der Waals surface area contributed by atoms with Gasteiger partial charge >= 0.3 is 0 Å². The first-order valence-corrected chi connectivity index (χ1v) is 7.74. The zero-order valence-electron chi connectivity index (χ0n) is 9.11. The van der Waals surface area contributed by atoms with E-state index in [0.29, 0.717) is 17.9 Å². The summed E-state index contributed by atoms with van der Waals surface area (Å²) in [5, 5.41) is 10.3. The van der Waals surface area contributed by atoms with Gasteiger partial charge in [-0.15, -0.1) is 0 Å². The molecule has 15 heavy (non-hydrogen) atoms. The van der Waals surface area contributed by atoms with Crippen LogP contribution in [0, 0.1) is 5.92 Å². The van der Waals surface area contributed by atoms with Crippen molar-refractivity contribution in [3.63, 3.8) is 0 Å². The molecular formula is C11H20O3S. The molecule has 1 aliphatic carbocycles. The van der Waals surface area contributed by atoms with Crippen LogP contribution in [0.1, 0.15) is 44.9 Å². The summed E-state index contributed by atoms with van der Waals surface area (Å²) in [5.41, 5.74) is -0.553. The van der Waals surface area contributed by atoms with Crippen molar-refractivity contribution in [2.24, 2.45) is 5.92 Å².